The first-order chi connectivity index (χ1) is 12.2. The number of hydrogen-bond acceptors (Lipinski definition) is 6. The van der Waals surface area contributed by atoms with E-state index in [0.29, 0.717) is 11.7 Å². The number of nitrogens with one attached hydrogen (secondary N) is 2. The van der Waals surface area contributed by atoms with Gasteiger partial charge in [-0.15, -0.1) is 10.2 Å². The minimum absolute atomic E-state index is 0.0826. The second-order valence-corrected chi connectivity index (χ2v) is 8.61. The fraction of sp³-hybridized carbons (Fsp3) is 0.500. The molecule has 5 nitrogen and oxygen atoms in total. The van der Waals surface area contributed by atoms with E-state index in [0.717, 1.165) is 27.3 Å². The van der Waals surface area contributed by atoms with Crippen LogP contribution in [0.25, 0.3) is 0 Å². The SMILES string of the molecule is Cc1ccccc1Nc1nnc(SCC(=O)NCC2CCCCC2)s1. The average molecular weight is 377 g/mol. The summed E-state index contributed by atoms with van der Waals surface area (Å²) in [6.07, 6.45) is 6.44. The van der Waals surface area contributed by atoms with Gasteiger partial charge in [-0.3, -0.25) is 4.79 Å². The normalized spacial score (nSPS) is 15.1. The van der Waals surface area contributed by atoms with Gasteiger partial charge < -0.3 is 10.6 Å². The predicted octanol–water partition coefficient (Wildman–Crippen LogP) is 4.38. The quantitative estimate of drug-likeness (QED) is 0.702. The molecule has 2 N–H and O–H groups in total. The molecule has 0 atom stereocenters. The number of carbonyl (C=O) groups is 1. The number of rotatable bonds is 7. The molecule has 25 heavy (non-hydrogen) atoms. The van der Waals surface area contributed by atoms with Crippen LogP contribution in [0.15, 0.2) is 28.6 Å². The molecule has 0 radical (unpaired) electrons. The minimum Gasteiger partial charge on any atom is -0.355 e. The number of benzene rings is 1. The van der Waals surface area contributed by atoms with E-state index < -0.39 is 0 Å². The van der Waals surface area contributed by atoms with Gasteiger partial charge in [0.25, 0.3) is 0 Å². The lowest BCUT2D eigenvalue weighted by molar-refractivity contribution is -0.118. The Hall–Kier alpha value is -1.60. The number of aromatic nitrogens is 2. The number of anilines is 2. The van der Waals surface area contributed by atoms with Gasteiger partial charge in [0.1, 0.15) is 0 Å². The number of hydrogen-bond donors (Lipinski definition) is 2. The van der Waals surface area contributed by atoms with E-state index in [4.69, 9.17) is 0 Å². The maximum Gasteiger partial charge on any atom is 0.230 e. The van der Waals surface area contributed by atoms with Crippen molar-refractivity contribution in [2.24, 2.45) is 5.92 Å². The van der Waals surface area contributed by atoms with Gasteiger partial charge in [-0.2, -0.15) is 0 Å². The fourth-order valence-corrected chi connectivity index (χ4v) is 4.57. The Balaban J connectivity index is 1.42. The summed E-state index contributed by atoms with van der Waals surface area (Å²) in [5, 5.41) is 15.4. The van der Waals surface area contributed by atoms with Crippen LogP contribution in [0.5, 0.6) is 0 Å². The van der Waals surface area contributed by atoms with Crippen LogP contribution in [0.3, 0.4) is 0 Å². The predicted molar refractivity (Wildman–Crippen MR) is 105 cm³/mol. The summed E-state index contributed by atoms with van der Waals surface area (Å²) < 4.78 is 0.809. The molecule has 1 saturated carbocycles. The Bertz CT molecular complexity index is 698. The van der Waals surface area contributed by atoms with Crippen molar-refractivity contribution < 1.29 is 4.79 Å². The van der Waals surface area contributed by atoms with Gasteiger partial charge in [-0.25, -0.2) is 0 Å². The van der Waals surface area contributed by atoms with Crippen LogP contribution >= 0.6 is 23.1 Å². The van der Waals surface area contributed by atoms with Gasteiger partial charge >= 0.3 is 0 Å². The molecule has 1 fully saturated rings. The Morgan fingerprint density at radius 3 is 2.84 bits per heavy atom. The zero-order valence-electron chi connectivity index (χ0n) is 14.5. The fourth-order valence-electron chi connectivity index (χ4n) is 2.97. The highest BCUT2D eigenvalue weighted by atomic mass is 32.2. The Kier molecular flexibility index (Phi) is 6.69. The lowest BCUT2D eigenvalue weighted by atomic mass is 9.89. The van der Waals surface area contributed by atoms with E-state index in [2.05, 4.69) is 33.8 Å². The largest absolute Gasteiger partial charge is 0.355 e. The van der Waals surface area contributed by atoms with Crippen molar-refractivity contribution in [3.05, 3.63) is 29.8 Å². The average Bonchev–Trinajstić information content (AvgIpc) is 3.08. The maximum absolute atomic E-state index is 12.0. The number of carbonyl (C=O) groups excluding carboxylic acids is 1. The summed E-state index contributed by atoms with van der Waals surface area (Å²) in [7, 11) is 0. The molecule has 3 rings (SSSR count). The zero-order chi connectivity index (χ0) is 17.5. The third kappa shape index (κ3) is 5.71. The van der Waals surface area contributed by atoms with Crippen molar-refractivity contribution in [3.8, 4) is 0 Å². The van der Waals surface area contributed by atoms with Crippen LogP contribution in [0.1, 0.15) is 37.7 Å². The molecule has 0 spiro atoms. The Morgan fingerprint density at radius 1 is 1.24 bits per heavy atom. The number of thioether (sulfide) groups is 1. The van der Waals surface area contributed by atoms with Gasteiger partial charge in [0.05, 0.1) is 5.75 Å². The highest BCUT2D eigenvalue weighted by Gasteiger charge is 2.15. The smallest absolute Gasteiger partial charge is 0.230 e. The molecule has 1 aromatic carbocycles. The van der Waals surface area contributed by atoms with Crippen molar-refractivity contribution in [2.75, 3.05) is 17.6 Å². The van der Waals surface area contributed by atoms with Crippen LogP contribution in [0.2, 0.25) is 0 Å². The van der Waals surface area contributed by atoms with E-state index in [9.17, 15) is 4.79 Å². The van der Waals surface area contributed by atoms with E-state index in [1.165, 1.54) is 55.2 Å². The van der Waals surface area contributed by atoms with Gasteiger partial charge in [0, 0.05) is 12.2 Å². The third-order valence-corrected chi connectivity index (χ3v) is 6.40. The van der Waals surface area contributed by atoms with Gasteiger partial charge in [-0.05, 0) is 37.3 Å². The zero-order valence-corrected chi connectivity index (χ0v) is 16.1. The van der Waals surface area contributed by atoms with Gasteiger partial charge in [-0.1, -0.05) is 60.6 Å². The van der Waals surface area contributed by atoms with Gasteiger partial charge in [0.15, 0.2) is 4.34 Å². The molecule has 0 bridgehead atoms. The highest BCUT2D eigenvalue weighted by Crippen LogP contribution is 2.28. The van der Waals surface area contributed by atoms with E-state index in [1.807, 2.05) is 18.2 Å². The lowest BCUT2D eigenvalue weighted by Crippen LogP contribution is -2.31. The molecule has 0 aliphatic heterocycles. The van der Waals surface area contributed by atoms with Crippen LogP contribution in [-0.2, 0) is 4.79 Å². The summed E-state index contributed by atoms with van der Waals surface area (Å²) in [6.45, 7) is 2.87. The first-order valence-electron chi connectivity index (χ1n) is 8.76. The summed E-state index contributed by atoms with van der Waals surface area (Å²) >= 11 is 2.92. The molecule has 134 valence electrons. The van der Waals surface area contributed by atoms with Crippen molar-refractivity contribution in [2.45, 2.75) is 43.4 Å². The molecule has 1 aliphatic rings. The number of amides is 1. The lowest BCUT2D eigenvalue weighted by Gasteiger charge is -2.21. The van der Waals surface area contributed by atoms with Crippen LogP contribution in [0, 0.1) is 12.8 Å². The second kappa shape index (κ2) is 9.20. The Labute approximate surface area is 157 Å². The highest BCUT2D eigenvalue weighted by molar-refractivity contribution is 8.01. The summed E-state index contributed by atoms with van der Waals surface area (Å²) in [4.78, 5) is 12.0. The summed E-state index contributed by atoms with van der Waals surface area (Å²) in [5.74, 6) is 1.14. The minimum atomic E-state index is 0.0826. The maximum atomic E-state index is 12.0. The second-order valence-electron chi connectivity index (χ2n) is 6.41. The molecule has 0 saturated heterocycles. The standard InChI is InChI=1S/C18H24N4OS2/c1-13-7-5-6-10-15(13)20-17-21-22-18(25-17)24-12-16(23)19-11-14-8-3-2-4-9-14/h5-7,10,14H,2-4,8-9,11-12H2,1H3,(H,19,23)(H,20,21). The van der Waals surface area contributed by atoms with E-state index >= 15 is 0 Å². The first kappa shape index (κ1) is 18.2. The van der Waals surface area contributed by atoms with Crippen molar-refractivity contribution in [3.63, 3.8) is 0 Å². The van der Waals surface area contributed by atoms with Crippen molar-refractivity contribution in [1.82, 2.24) is 15.5 Å². The van der Waals surface area contributed by atoms with Crippen molar-refractivity contribution >= 4 is 39.8 Å². The molecule has 2 aromatic rings. The summed E-state index contributed by atoms with van der Waals surface area (Å²) in [5.41, 5.74) is 2.19. The van der Waals surface area contributed by atoms with Crippen LogP contribution in [-0.4, -0.2) is 28.4 Å². The molecule has 7 heteroatoms. The van der Waals surface area contributed by atoms with E-state index in [1.54, 1.807) is 0 Å². The van der Waals surface area contributed by atoms with Crippen LogP contribution < -0.4 is 10.6 Å². The summed E-state index contributed by atoms with van der Waals surface area (Å²) in [6, 6.07) is 8.06. The van der Waals surface area contributed by atoms with Crippen LogP contribution in [0.4, 0.5) is 10.8 Å². The topological polar surface area (TPSA) is 66.9 Å². The molecular weight excluding hydrogens is 352 g/mol. The molecule has 1 aliphatic carbocycles. The monoisotopic (exact) mass is 376 g/mol. The molecule has 1 aromatic heterocycles. The third-order valence-electron chi connectivity index (χ3n) is 4.43. The van der Waals surface area contributed by atoms with Gasteiger partial charge in [0.2, 0.25) is 11.0 Å². The Morgan fingerprint density at radius 2 is 2.04 bits per heavy atom. The number of aryl methyl sites for hydroxylation is 1. The number of nitrogens with zero attached hydrogens (tertiary/aromatic N) is 2. The van der Waals surface area contributed by atoms with E-state index in [-0.39, 0.29) is 5.91 Å². The molecule has 0 unspecified atom stereocenters. The number of para-hydroxylation sites is 1. The first-order valence-corrected chi connectivity index (χ1v) is 10.6. The molecule has 1 heterocycles. The molecule has 1 amide bonds. The van der Waals surface area contributed by atoms with Crippen molar-refractivity contribution in [1.29, 1.82) is 0 Å². The molecular formula is C18H24N4OS2.